The fraction of sp³-hybridized carbons (Fsp3) is 0.278. The van der Waals surface area contributed by atoms with Crippen LogP contribution in [0.4, 0.5) is 0 Å². The quantitative estimate of drug-likeness (QED) is 0.513. The van der Waals surface area contributed by atoms with E-state index in [0.29, 0.717) is 16.5 Å². The predicted octanol–water partition coefficient (Wildman–Crippen LogP) is 5.38. The summed E-state index contributed by atoms with van der Waals surface area (Å²) >= 11 is 9.23. The van der Waals surface area contributed by atoms with Crippen molar-refractivity contribution in [2.75, 3.05) is 6.61 Å². The second-order valence-corrected chi connectivity index (χ2v) is 7.40. The Balaban J connectivity index is 1.96. The summed E-state index contributed by atoms with van der Waals surface area (Å²) < 4.78 is 11.4. The molecule has 0 N–H and O–H groups in total. The summed E-state index contributed by atoms with van der Waals surface area (Å²) in [6, 6.07) is 12.5. The largest absolute Gasteiger partial charge is 0.482 e. The number of hydrogen-bond acceptors (Lipinski definition) is 3. The molecule has 0 heterocycles. The number of carbonyl (C=O) groups is 1. The van der Waals surface area contributed by atoms with Gasteiger partial charge in [-0.05, 0) is 63.3 Å². The Morgan fingerprint density at radius 3 is 2.35 bits per heavy atom. The number of benzene rings is 2. The highest BCUT2D eigenvalue weighted by molar-refractivity contribution is 9.10. The van der Waals surface area contributed by atoms with Crippen LogP contribution in [-0.4, -0.2) is 12.6 Å². The summed E-state index contributed by atoms with van der Waals surface area (Å²) in [5, 5.41) is 0.614. The van der Waals surface area contributed by atoms with E-state index in [1.54, 1.807) is 30.3 Å². The van der Waals surface area contributed by atoms with Gasteiger partial charge in [0.15, 0.2) is 6.61 Å². The van der Waals surface area contributed by atoms with Gasteiger partial charge in [-0.2, -0.15) is 0 Å². The topological polar surface area (TPSA) is 35.5 Å². The van der Waals surface area contributed by atoms with Crippen LogP contribution in [0.2, 0.25) is 5.02 Å². The molecule has 2 aromatic carbocycles. The molecule has 2 rings (SSSR count). The maximum atomic E-state index is 11.9. The lowest BCUT2D eigenvalue weighted by atomic mass is 9.87. The van der Waals surface area contributed by atoms with E-state index in [4.69, 9.17) is 21.1 Å². The second kappa shape index (κ2) is 7.37. The molecule has 122 valence electrons. The van der Waals surface area contributed by atoms with Crippen LogP contribution in [0.3, 0.4) is 0 Å². The molecule has 0 saturated heterocycles. The van der Waals surface area contributed by atoms with Crippen LogP contribution in [0.15, 0.2) is 46.9 Å². The summed E-state index contributed by atoms with van der Waals surface area (Å²) in [5.74, 6) is 0.570. The minimum Gasteiger partial charge on any atom is -0.482 e. The van der Waals surface area contributed by atoms with Gasteiger partial charge >= 0.3 is 5.97 Å². The summed E-state index contributed by atoms with van der Waals surface area (Å²) in [7, 11) is 0. The van der Waals surface area contributed by atoms with Crippen LogP contribution in [-0.2, 0) is 10.2 Å². The summed E-state index contributed by atoms with van der Waals surface area (Å²) in [4.78, 5) is 11.9. The molecule has 0 aliphatic rings. The van der Waals surface area contributed by atoms with Gasteiger partial charge in [-0.15, -0.1) is 0 Å². The van der Waals surface area contributed by atoms with Gasteiger partial charge in [-0.25, -0.2) is 4.79 Å². The number of rotatable bonds is 4. The van der Waals surface area contributed by atoms with E-state index in [-0.39, 0.29) is 12.0 Å². The Labute approximate surface area is 149 Å². The highest BCUT2D eigenvalue weighted by Gasteiger charge is 2.16. The van der Waals surface area contributed by atoms with Crippen LogP contribution >= 0.6 is 27.5 Å². The zero-order valence-electron chi connectivity index (χ0n) is 13.2. The van der Waals surface area contributed by atoms with Gasteiger partial charge in [0.1, 0.15) is 11.5 Å². The molecule has 0 saturated carbocycles. The zero-order valence-corrected chi connectivity index (χ0v) is 15.6. The van der Waals surface area contributed by atoms with Crippen molar-refractivity contribution in [3.05, 3.63) is 57.5 Å². The first kappa shape index (κ1) is 17.8. The normalized spacial score (nSPS) is 11.2. The molecule has 23 heavy (non-hydrogen) atoms. The maximum Gasteiger partial charge on any atom is 0.349 e. The average Bonchev–Trinajstić information content (AvgIpc) is 2.48. The monoisotopic (exact) mass is 396 g/mol. The van der Waals surface area contributed by atoms with Crippen LogP contribution < -0.4 is 9.47 Å². The first-order valence-corrected chi connectivity index (χ1v) is 8.32. The molecule has 3 nitrogen and oxygen atoms in total. The molecule has 0 aliphatic carbocycles. The molecule has 0 bridgehead atoms. The average molecular weight is 398 g/mol. The number of carbonyl (C=O) groups excluding carboxylic acids is 1. The lowest BCUT2D eigenvalue weighted by molar-refractivity contribution is -0.136. The Morgan fingerprint density at radius 2 is 1.78 bits per heavy atom. The third-order valence-corrected chi connectivity index (χ3v) is 4.06. The van der Waals surface area contributed by atoms with E-state index in [9.17, 15) is 4.79 Å². The summed E-state index contributed by atoms with van der Waals surface area (Å²) in [6.07, 6.45) is 0. The number of esters is 1. The van der Waals surface area contributed by atoms with E-state index in [1.807, 2.05) is 12.1 Å². The van der Waals surface area contributed by atoms with E-state index in [1.165, 1.54) is 0 Å². The number of ether oxygens (including phenoxy) is 2. The van der Waals surface area contributed by atoms with Gasteiger partial charge in [-0.1, -0.05) is 38.4 Å². The number of hydrogen-bond donors (Lipinski definition) is 0. The molecule has 0 fully saturated rings. The van der Waals surface area contributed by atoms with Gasteiger partial charge in [0, 0.05) is 5.02 Å². The zero-order chi connectivity index (χ0) is 17.0. The molecule has 5 heteroatoms. The van der Waals surface area contributed by atoms with Crippen molar-refractivity contribution in [1.82, 2.24) is 0 Å². The van der Waals surface area contributed by atoms with Gasteiger partial charge in [-0.3, -0.25) is 0 Å². The van der Waals surface area contributed by atoms with Crippen molar-refractivity contribution < 1.29 is 14.3 Å². The lowest BCUT2D eigenvalue weighted by Crippen LogP contribution is -2.18. The molecule has 0 radical (unpaired) electrons. The third-order valence-electron chi connectivity index (χ3n) is 3.19. The molecule has 0 spiro atoms. The van der Waals surface area contributed by atoms with Crippen molar-refractivity contribution in [2.45, 2.75) is 26.2 Å². The molecule has 0 unspecified atom stereocenters. The molecule has 2 aromatic rings. The Kier molecular flexibility index (Phi) is 5.71. The lowest BCUT2D eigenvalue weighted by Gasteiger charge is -2.20. The van der Waals surface area contributed by atoms with E-state index in [0.717, 1.165) is 10.0 Å². The van der Waals surface area contributed by atoms with Crippen LogP contribution in [0.5, 0.6) is 11.5 Å². The summed E-state index contributed by atoms with van der Waals surface area (Å²) in [6.45, 7) is 6.20. The highest BCUT2D eigenvalue weighted by atomic mass is 79.9. The fourth-order valence-electron chi connectivity index (χ4n) is 1.88. The SMILES string of the molecule is CC(C)(C)c1ccc(OC(=O)COc2ccc(Cl)cc2)c(Br)c1. The van der Waals surface area contributed by atoms with Crippen LogP contribution in [0, 0.1) is 0 Å². The fourth-order valence-corrected chi connectivity index (χ4v) is 2.46. The van der Waals surface area contributed by atoms with Gasteiger partial charge in [0.25, 0.3) is 0 Å². The first-order valence-electron chi connectivity index (χ1n) is 7.15. The first-order chi connectivity index (χ1) is 10.8. The van der Waals surface area contributed by atoms with Crippen molar-refractivity contribution in [3.8, 4) is 11.5 Å². The minimum atomic E-state index is -0.468. The van der Waals surface area contributed by atoms with Crippen LogP contribution in [0.25, 0.3) is 0 Å². The van der Waals surface area contributed by atoms with Gasteiger partial charge in [0.05, 0.1) is 4.47 Å². The second-order valence-electron chi connectivity index (χ2n) is 6.11. The Morgan fingerprint density at radius 1 is 1.13 bits per heavy atom. The Bertz CT molecular complexity index is 690. The van der Waals surface area contributed by atoms with Gasteiger partial charge < -0.3 is 9.47 Å². The molecule has 0 aromatic heterocycles. The molecule has 0 aliphatic heterocycles. The smallest absolute Gasteiger partial charge is 0.349 e. The maximum absolute atomic E-state index is 11.9. The van der Waals surface area contributed by atoms with E-state index >= 15 is 0 Å². The molecular formula is C18H18BrClO3. The van der Waals surface area contributed by atoms with Gasteiger partial charge in [0.2, 0.25) is 0 Å². The molecular weight excluding hydrogens is 380 g/mol. The Hall–Kier alpha value is -1.52. The van der Waals surface area contributed by atoms with Crippen molar-refractivity contribution >= 4 is 33.5 Å². The van der Waals surface area contributed by atoms with Crippen LogP contribution in [0.1, 0.15) is 26.3 Å². The van der Waals surface area contributed by atoms with E-state index in [2.05, 4.69) is 36.7 Å². The van der Waals surface area contributed by atoms with Crippen molar-refractivity contribution in [3.63, 3.8) is 0 Å². The highest BCUT2D eigenvalue weighted by Crippen LogP contribution is 2.31. The summed E-state index contributed by atoms with van der Waals surface area (Å²) in [5.41, 5.74) is 1.18. The molecule has 0 amide bonds. The third kappa shape index (κ3) is 5.26. The standard InChI is InChI=1S/C18H18BrClO3/c1-18(2,3)12-4-9-16(15(19)10-12)23-17(21)11-22-14-7-5-13(20)6-8-14/h4-10H,11H2,1-3H3. The minimum absolute atomic E-state index is 0.0305. The predicted molar refractivity (Wildman–Crippen MR) is 95.4 cm³/mol. The van der Waals surface area contributed by atoms with E-state index < -0.39 is 5.97 Å². The number of halogens is 2. The van der Waals surface area contributed by atoms with Crippen molar-refractivity contribution in [2.24, 2.45) is 0 Å². The molecule has 0 atom stereocenters. The van der Waals surface area contributed by atoms with Crippen molar-refractivity contribution in [1.29, 1.82) is 0 Å².